The van der Waals surface area contributed by atoms with Crippen LogP contribution in [-0.4, -0.2) is 54.0 Å². The van der Waals surface area contributed by atoms with Crippen LogP contribution in [0.4, 0.5) is 0 Å². The largest absolute Gasteiger partial charge is 0.497 e. The van der Waals surface area contributed by atoms with Crippen molar-refractivity contribution in [1.29, 1.82) is 0 Å². The maximum atomic E-state index is 13.3. The summed E-state index contributed by atoms with van der Waals surface area (Å²) in [5.74, 6) is 1.28. The van der Waals surface area contributed by atoms with Gasteiger partial charge in [-0.2, -0.15) is 0 Å². The lowest BCUT2D eigenvalue weighted by Gasteiger charge is -2.32. The third-order valence-electron chi connectivity index (χ3n) is 6.07. The number of hydrogen-bond acceptors (Lipinski definition) is 5. The summed E-state index contributed by atoms with van der Waals surface area (Å²) in [7, 11) is 3.17. The van der Waals surface area contributed by atoms with Gasteiger partial charge in [0.15, 0.2) is 0 Å². The number of nitrogens with one attached hydrogen (secondary N) is 1. The van der Waals surface area contributed by atoms with Gasteiger partial charge in [0.2, 0.25) is 0 Å². The lowest BCUT2D eigenvalue weighted by Crippen LogP contribution is -2.39. The van der Waals surface area contributed by atoms with E-state index in [9.17, 15) is 9.59 Å². The highest BCUT2D eigenvalue weighted by Crippen LogP contribution is 2.32. The Labute approximate surface area is 192 Å². The lowest BCUT2D eigenvalue weighted by molar-refractivity contribution is 0.0700. The van der Waals surface area contributed by atoms with Gasteiger partial charge in [0.05, 0.1) is 19.8 Å². The molecule has 3 aromatic rings. The zero-order chi connectivity index (χ0) is 23.5. The number of aromatic nitrogens is 2. The highest BCUT2D eigenvalue weighted by molar-refractivity contribution is 5.98. The number of piperidine rings is 1. The summed E-state index contributed by atoms with van der Waals surface area (Å²) < 4.78 is 10.7. The summed E-state index contributed by atoms with van der Waals surface area (Å²) >= 11 is 0. The molecule has 0 radical (unpaired) electrons. The molecular weight excluding hydrogens is 420 g/mol. The summed E-state index contributed by atoms with van der Waals surface area (Å²) in [5.41, 5.74) is 8.63. The summed E-state index contributed by atoms with van der Waals surface area (Å²) in [5, 5.41) is 0. The molecule has 0 bridgehead atoms. The first kappa shape index (κ1) is 22.4. The van der Waals surface area contributed by atoms with Gasteiger partial charge in [0.1, 0.15) is 28.7 Å². The first-order chi connectivity index (χ1) is 15.9. The van der Waals surface area contributed by atoms with Crippen LogP contribution in [0.25, 0.3) is 11.3 Å². The van der Waals surface area contributed by atoms with Gasteiger partial charge in [0, 0.05) is 24.6 Å². The SMILES string of the molecule is COc1ccc(-c2nc([C@H]3CCCN(C(=O)c4cccc(C)c4OC)C3)[nH]c2C(N)=O)cc1. The predicted octanol–water partition coefficient (Wildman–Crippen LogP) is 3.52. The minimum Gasteiger partial charge on any atom is -0.497 e. The Morgan fingerprint density at radius 3 is 2.55 bits per heavy atom. The Kier molecular flexibility index (Phi) is 6.35. The molecule has 1 atom stereocenters. The van der Waals surface area contributed by atoms with E-state index in [4.69, 9.17) is 20.2 Å². The number of likely N-dealkylation sites (tertiary alicyclic amines) is 1. The molecule has 0 spiro atoms. The average molecular weight is 449 g/mol. The summed E-state index contributed by atoms with van der Waals surface area (Å²) in [4.78, 5) is 35.1. The van der Waals surface area contributed by atoms with Crippen molar-refractivity contribution < 1.29 is 19.1 Å². The highest BCUT2D eigenvalue weighted by atomic mass is 16.5. The first-order valence-corrected chi connectivity index (χ1v) is 10.9. The van der Waals surface area contributed by atoms with Crippen LogP contribution < -0.4 is 15.2 Å². The fourth-order valence-electron chi connectivity index (χ4n) is 4.37. The van der Waals surface area contributed by atoms with E-state index in [-0.39, 0.29) is 17.5 Å². The number of nitrogens with zero attached hydrogens (tertiary/aromatic N) is 2. The second-order valence-corrected chi connectivity index (χ2v) is 8.18. The number of carbonyl (C=O) groups excluding carboxylic acids is 2. The number of aryl methyl sites for hydroxylation is 1. The summed E-state index contributed by atoms with van der Waals surface area (Å²) in [6, 6.07) is 12.9. The Balaban J connectivity index is 1.61. The van der Waals surface area contributed by atoms with Gasteiger partial charge < -0.3 is 25.1 Å². The number of rotatable bonds is 6. The standard InChI is InChI=1S/C25H28N4O4/c1-15-6-4-8-19(22(15)33-3)25(31)29-13-5-7-17(14-29)24-27-20(21(28-24)23(26)30)16-9-11-18(32-2)12-10-16/h4,6,8-12,17H,5,7,13-14H2,1-3H3,(H2,26,30)(H,27,28)/t17-/m0/s1. The topological polar surface area (TPSA) is 111 Å². The number of imidazole rings is 1. The normalized spacial score (nSPS) is 15.8. The van der Waals surface area contributed by atoms with Gasteiger partial charge in [-0.1, -0.05) is 12.1 Å². The Morgan fingerprint density at radius 2 is 1.88 bits per heavy atom. The van der Waals surface area contributed by atoms with Crippen LogP contribution in [0.3, 0.4) is 0 Å². The number of carbonyl (C=O) groups is 2. The summed E-state index contributed by atoms with van der Waals surface area (Å²) in [6.45, 7) is 3.06. The lowest BCUT2D eigenvalue weighted by atomic mass is 9.96. The molecule has 8 heteroatoms. The first-order valence-electron chi connectivity index (χ1n) is 10.9. The minimum atomic E-state index is -0.576. The minimum absolute atomic E-state index is 0.0383. The number of amides is 2. The fraction of sp³-hybridized carbons (Fsp3) is 0.320. The molecule has 1 aliphatic rings. The fourth-order valence-corrected chi connectivity index (χ4v) is 4.37. The molecule has 1 fully saturated rings. The number of primary amides is 1. The van der Waals surface area contributed by atoms with Crippen LogP contribution in [0.15, 0.2) is 42.5 Å². The molecule has 33 heavy (non-hydrogen) atoms. The van der Waals surface area contributed by atoms with Crippen LogP contribution in [0.1, 0.15) is 51.0 Å². The van der Waals surface area contributed by atoms with Crippen LogP contribution in [-0.2, 0) is 0 Å². The molecule has 1 saturated heterocycles. The van der Waals surface area contributed by atoms with Crippen molar-refractivity contribution in [3.63, 3.8) is 0 Å². The zero-order valence-electron chi connectivity index (χ0n) is 19.1. The Hall–Kier alpha value is -3.81. The molecule has 0 unspecified atom stereocenters. The molecular formula is C25H28N4O4. The molecule has 1 aliphatic heterocycles. The maximum Gasteiger partial charge on any atom is 0.267 e. The van der Waals surface area contributed by atoms with Crippen molar-refractivity contribution in [2.24, 2.45) is 5.73 Å². The van der Waals surface area contributed by atoms with E-state index in [1.807, 2.05) is 48.2 Å². The number of nitrogens with two attached hydrogens (primary N) is 1. The Bertz CT molecular complexity index is 1170. The maximum absolute atomic E-state index is 13.3. The van der Waals surface area contributed by atoms with E-state index >= 15 is 0 Å². The van der Waals surface area contributed by atoms with Crippen molar-refractivity contribution in [3.05, 3.63) is 65.1 Å². The quantitative estimate of drug-likeness (QED) is 0.599. The van der Waals surface area contributed by atoms with Crippen molar-refractivity contribution in [2.75, 3.05) is 27.3 Å². The van der Waals surface area contributed by atoms with E-state index < -0.39 is 5.91 Å². The van der Waals surface area contributed by atoms with Crippen LogP contribution in [0.2, 0.25) is 0 Å². The number of benzene rings is 2. The van der Waals surface area contributed by atoms with Crippen LogP contribution in [0.5, 0.6) is 11.5 Å². The molecule has 1 aromatic heterocycles. The van der Waals surface area contributed by atoms with Gasteiger partial charge in [-0.15, -0.1) is 0 Å². The Morgan fingerprint density at radius 1 is 1.12 bits per heavy atom. The summed E-state index contributed by atoms with van der Waals surface area (Å²) in [6.07, 6.45) is 1.68. The molecule has 0 aliphatic carbocycles. The van der Waals surface area contributed by atoms with E-state index in [0.29, 0.717) is 41.7 Å². The van der Waals surface area contributed by atoms with Gasteiger partial charge in [-0.25, -0.2) is 4.98 Å². The number of H-pyrrole nitrogens is 1. The number of methoxy groups -OCH3 is 2. The van der Waals surface area contributed by atoms with E-state index in [1.165, 1.54) is 0 Å². The van der Waals surface area contributed by atoms with E-state index in [1.54, 1.807) is 20.3 Å². The smallest absolute Gasteiger partial charge is 0.267 e. The van der Waals surface area contributed by atoms with Crippen molar-refractivity contribution in [1.82, 2.24) is 14.9 Å². The molecule has 8 nitrogen and oxygen atoms in total. The molecule has 3 N–H and O–H groups in total. The average Bonchev–Trinajstić information content (AvgIpc) is 3.29. The molecule has 2 heterocycles. The zero-order valence-corrected chi connectivity index (χ0v) is 19.1. The monoisotopic (exact) mass is 448 g/mol. The van der Waals surface area contributed by atoms with E-state index in [2.05, 4.69) is 4.98 Å². The third kappa shape index (κ3) is 4.41. The second-order valence-electron chi connectivity index (χ2n) is 8.18. The van der Waals surface area contributed by atoms with Crippen molar-refractivity contribution >= 4 is 11.8 Å². The van der Waals surface area contributed by atoms with Gasteiger partial charge in [0.25, 0.3) is 11.8 Å². The molecule has 4 rings (SSSR count). The van der Waals surface area contributed by atoms with Crippen LogP contribution >= 0.6 is 0 Å². The highest BCUT2D eigenvalue weighted by Gasteiger charge is 2.30. The number of para-hydroxylation sites is 1. The molecule has 2 aromatic carbocycles. The van der Waals surface area contributed by atoms with Gasteiger partial charge in [-0.3, -0.25) is 9.59 Å². The molecule has 2 amide bonds. The van der Waals surface area contributed by atoms with Crippen molar-refractivity contribution in [3.8, 4) is 22.8 Å². The second kappa shape index (κ2) is 9.36. The number of aromatic amines is 1. The van der Waals surface area contributed by atoms with Crippen LogP contribution in [0, 0.1) is 6.92 Å². The number of hydrogen-bond donors (Lipinski definition) is 2. The number of ether oxygens (including phenoxy) is 2. The predicted molar refractivity (Wildman–Crippen MR) is 125 cm³/mol. The van der Waals surface area contributed by atoms with E-state index in [0.717, 1.165) is 24.0 Å². The third-order valence-corrected chi connectivity index (χ3v) is 6.07. The molecule has 0 saturated carbocycles. The van der Waals surface area contributed by atoms with Crippen molar-refractivity contribution in [2.45, 2.75) is 25.7 Å². The van der Waals surface area contributed by atoms with Gasteiger partial charge >= 0.3 is 0 Å². The molecule has 172 valence electrons. The van der Waals surface area contributed by atoms with Gasteiger partial charge in [-0.05, 0) is 55.7 Å².